The van der Waals surface area contributed by atoms with Crippen molar-refractivity contribution in [2.45, 2.75) is 25.7 Å². The highest BCUT2D eigenvalue weighted by Gasteiger charge is 2.29. The molecule has 2 N–H and O–H groups in total. The van der Waals surface area contributed by atoms with Gasteiger partial charge in [-0.2, -0.15) is 0 Å². The Labute approximate surface area is 138 Å². The molecule has 2 aromatic rings. The standard InChI is InChI=1S/C16H20FN3O4/c1-2-24-14-7-22-6-13(14)20-16(21)9-23-8-15-18-11-4-3-10(17)5-12(11)19-15/h3-5,13-14H,2,6-9H2,1H3,(H,18,19)(H,20,21)/t13-,14-/m1/s1. The van der Waals surface area contributed by atoms with Crippen LogP contribution in [0.4, 0.5) is 4.39 Å². The largest absolute Gasteiger partial charge is 0.376 e. The molecule has 0 aliphatic carbocycles. The van der Waals surface area contributed by atoms with Crippen LogP contribution in [0, 0.1) is 5.82 Å². The molecule has 0 unspecified atom stereocenters. The SMILES string of the molecule is CCO[C@@H]1COC[C@H]1NC(=O)COCc1nc2ccc(F)cc2[nH]1. The van der Waals surface area contributed by atoms with E-state index in [4.69, 9.17) is 14.2 Å². The summed E-state index contributed by atoms with van der Waals surface area (Å²) in [5.74, 6) is -0.0298. The van der Waals surface area contributed by atoms with Crippen molar-refractivity contribution in [3.63, 3.8) is 0 Å². The first-order valence-electron chi connectivity index (χ1n) is 7.86. The maximum atomic E-state index is 13.1. The first-order valence-corrected chi connectivity index (χ1v) is 7.86. The molecule has 1 amide bonds. The number of hydrogen-bond acceptors (Lipinski definition) is 5. The highest BCUT2D eigenvalue weighted by molar-refractivity contribution is 5.77. The number of nitrogens with one attached hydrogen (secondary N) is 2. The predicted octanol–water partition coefficient (Wildman–Crippen LogP) is 1.14. The lowest BCUT2D eigenvalue weighted by atomic mass is 10.2. The number of aromatic amines is 1. The molecular weight excluding hydrogens is 317 g/mol. The fraction of sp³-hybridized carbons (Fsp3) is 0.500. The summed E-state index contributed by atoms with van der Waals surface area (Å²) in [6.45, 7) is 3.43. The smallest absolute Gasteiger partial charge is 0.246 e. The summed E-state index contributed by atoms with van der Waals surface area (Å²) in [6.07, 6.45) is -0.121. The van der Waals surface area contributed by atoms with Gasteiger partial charge in [0.05, 0.1) is 30.3 Å². The summed E-state index contributed by atoms with van der Waals surface area (Å²) in [7, 11) is 0. The van der Waals surface area contributed by atoms with Gasteiger partial charge in [0.2, 0.25) is 5.91 Å². The molecule has 2 heterocycles. The van der Waals surface area contributed by atoms with Crippen molar-refractivity contribution in [3.05, 3.63) is 29.8 Å². The molecule has 130 valence electrons. The van der Waals surface area contributed by atoms with Crippen LogP contribution >= 0.6 is 0 Å². The first kappa shape index (κ1) is 16.8. The van der Waals surface area contributed by atoms with Gasteiger partial charge >= 0.3 is 0 Å². The van der Waals surface area contributed by atoms with Crippen molar-refractivity contribution >= 4 is 16.9 Å². The van der Waals surface area contributed by atoms with Crippen molar-refractivity contribution in [2.24, 2.45) is 0 Å². The van der Waals surface area contributed by atoms with Crippen LogP contribution in [0.15, 0.2) is 18.2 Å². The minimum Gasteiger partial charge on any atom is -0.376 e. The second-order valence-electron chi connectivity index (χ2n) is 5.54. The van der Waals surface area contributed by atoms with E-state index in [-0.39, 0.29) is 37.1 Å². The number of hydrogen-bond donors (Lipinski definition) is 2. The van der Waals surface area contributed by atoms with Gasteiger partial charge in [0.25, 0.3) is 0 Å². The average Bonchev–Trinajstić information content (AvgIpc) is 3.14. The molecule has 1 aliphatic rings. The van der Waals surface area contributed by atoms with Crippen LogP contribution in [0.1, 0.15) is 12.7 Å². The lowest BCUT2D eigenvalue weighted by molar-refractivity contribution is -0.127. The molecule has 1 saturated heterocycles. The molecule has 0 bridgehead atoms. The summed E-state index contributed by atoms with van der Waals surface area (Å²) in [4.78, 5) is 19.2. The van der Waals surface area contributed by atoms with Crippen LogP contribution in [0.3, 0.4) is 0 Å². The maximum absolute atomic E-state index is 13.1. The number of carbonyl (C=O) groups excluding carboxylic acids is 1. The van der Waals surface area contributed by atoms with E-state index < -0.39 is 0 Å². The maximum Gasteiger partial charge on any atom is 0.246 e. The molecule has 0 radical (unpaired) electrons. The zero-order chi connectivity index (χ0) is 16.9. The molecule has 1 fully saturated rings. The third kappa shape index (κ3) is 4.08. The lowest BCUT2D eigenvalue weighted by Gasteiger charge is -2.18. The Hall–Kier alpha value is -2.03. The Morgan fingerprint density at radius 2 is 2.38 bits per heavy atom. The molecule has 1 aliphatic heterocycles. The minimum atomic E-state index is -0.333. The molecule has 1 aromatic carbocycles. The second kappa shape index (κ2) is 7.69. The molecule has 8 heteroatoms. The summed E-state index contributed by atoms with van der Waals surface area (Å²) < 4.78 is 29.3. The van der Waals surface area contributed by atoms with Crippen molar-refractivity contribution in [1.82, 2.24) is 15.3 Å². The number of amides is 1. The van der Waals surface area contributed by atoms with Gasteiger partial charge in [-0.05, 0) is 25.1 Å². The Bertz CT molecular complexity index is 706. The van der Waals surface area contributed by atoms with Crippen LogP contribution in [-0.2, 0) is 25.6 Å². The van der Waals surface area contributed by atoms with Crippen LogP contribution in [0.5, 0.6) is 0 Å². The molecule has 7 nitrogen and oxygen atoms in total. The van der Waals surface area contributed by atoms with Gasteiger partial charge < -0.3 is 24.5 Å². The second-order valence-corrected chi connectivity index (χ2v) is 5.54. The van der Waals surface area contributed by atoms with Gasteiger partial charge in [0.1, 0.15) is 31.0 Å². The third-order valence-electron chi connectivity index (χ3n) is 3.72. The van der Waals surface area contributed by atoms with Crippen LogP contribution in [0.25, 0.3) is 11.0 Å². The van der Waals surface area contributed by atoms with Gasteiger partial charge in [-0.1, -0.05) is 0 Å². The lowest BCUT2D eigenvalue weighted by Crippen LogP contribution is -2.45. The zero-order valence-corrected chi connectivity index (χ0v) is 13.4. The molecule has 3 rings (SSSR count). The number of carbonyl (C=O) groups is 1. The Balaban J connectivity index is 1.46. The van der Waals surface area contributed by atoms with E-state index in [2.05, 4.69) is 15.3 Å². The van der Waals surface area contributed by atoms with Crippen molar-refractivity contribution < 1.29 is 23.4 Å². The van der Waals surface area contributed by atoms with E-state index in [1.54, 1.807) is 6.07 Å². The molecule has 2 atom stereocenters. The van der Waals surface area contributed by atoms with E-state index in [1.165, 1.54) is 12.1 Å². The predicted molar refractivity (Wildman–Crippen MR) is 83.9 cm³/mol. The Morgan fingerprint density at radius 3 is 3.21 bits per heavy atom. The normalized spacial score (nSPS) is 20.6. The molecular formula is C16H20FN3O4. The molecule has 24 heavy (non-hydrogen) atoms. The van der Waals surface area contributed by atoms with E-state index in [0.29, 0.717) is 36.7 Å². The van der Waals surface area contributed by atoms with Crippen molar-refractivity contribution in [2.75, 3.05) is 26.4 Å². The molecule has 1 aromatic heterocycles. The van der Waals surface area contributed by atoms with E-state index in [0.717, 1.165) is 0 Å². The fourth-order valence-corrected chi connectivity index (χ4v) is 2.64. The van der Waals surface area contributed by atoms with E-state index in [1.807, 2.05) is 6.92 Å². The van der Waals surface area contributed by atoms with Crippen molar-refractivity contribution in [1.29, 1.82) is 0 Å². The van der Waals surface area contributed by atoms with E-state index >= 15 is 0 Å². The van der Waals surface area contributed by atoms with Gasteiger partial charge in [0, 0.05) is 6.61 Å². The van der Waals surface area contributed by atoms with Gasteiger partial charge in [-0.25, -0.2) is 9.37 Å². The summed E-state index contributed by atoms with van der Waals surface area (Å²) in [5, 5.41) is 2.84. The fourth-order valence-electron chi connectivity index (χ4n) is 2.64. The summed E-state index contributed by atoms with van der Waals surface area (Å²) in [6, 6.07) is 4.15. The number of benzene rings is 1. The van der Waals surface area contributed by atoms with Crippen LogP contribution < -0.4 is 5.32 Å². The Morgan fingerprint density at radius 1 is 1.50 bits per heavy atom. The number of imidazole rings is 1. The molecule has 0 saturated carbocycles. The first-order chi connectivity index (χ1) is 11.7. The number of fused-ring (bicyclic) bond motifs is 1. The van der Waals surface area contributed by atoms with Gasteiger partial charge in [0.15, 0.2) is 0 Å². The van der Waals surface area contributed by atoms with Gasteiger partial charge in [-0.3, -0.25) is 4.79 Å². The highest BCUT2D eigenvalue weighted by atomic mass is 19.1. The van der Waals surface area contributed by atoms with Gasteiger partial charge in [-0.15, -0.1) is 0 Å². The number of aromatic nitrogens is 2. The quantitative estimate of drug-likeness (QED) is 0.791. The number of H-pyrrole nitrogens is 1. The van der Waals surface area contributed by atoms with Crippen LogP contribution in [-0.4, -0.2) is 54.4 Å². The average molecular weight is 337 g/mol. The Kier molecular flexibility index (Phi) is 5.39. The monoisotopic (exact) mass is 337 g/mol. The summed E-state index contributed by atoms with van der Waals surface area (Å²) >= 11 is 0. The highest BCUT2D eigenvalue weighted by Crippen LogP contribution is 2.13. The third-order valence-corrected chi connectivity index (χ3v) is 3.72. The van der Waals surface area contributed by atoms with E-state index in [9.17, 15) is 9.18 Å². The zero-order valence-electron chi connectivity index (χ0n) is 13.4. The summed E-state index contributed by atoms with van der Waals surface area (Å²) in [5.41, 5.74) is 1.25. The number of ether oxygens (including phenoxy) is 3. The van der Waals surface area contributed by atoms with Crippen LogP contribution in [0.2, 0.25) is 0 Å². The number of nitrogens with zero attached hydrogens (tertiary/aromatic N) is 1. The number of rotatable bonds is 7. The topological polar surface area (TPSA) is 85.5 Å². The number of halogens is 1. The minimum absolute atomic E-state index is 0.0965. The molecule has 0 spiro atoms. The van der Waals surface area contributed by atoms with Crippen molar-refractivity contribution in [3.8, 4) is 0 Å².